The summed E-state index contributed by atoms with van der Waals surface area (Å²) in [6.45, 7) is 1.80. The molecule has 29 heavy (non-hydrogen) atoms. The number of anilines is 2. The van der Waals surface area contributed by atoms with E-state index in [0.717, 1.165) is 22.7 Å². The van der Waals surface area contributed by atoms with E-state index in [-0.39, 0.29) is 5.43 Å². The number of hydrogen-bond acceptors (Lipinski definition) is 5. The van der Waals surface area contributed by atoms with Crippen LogP contribution in [0.2, 0.25) is 0 Å². The van der Waals surface area contributed by atoms with Crippen molar-refractivity contribution in [2.45, 2.75) is 6.92 Å². The standard InChI is InChI=1S/C24H21NO4/c1-15-23(19-9-4-5-10-21(19)28-3)24(26)20-12-11-17(14-22(20)29-15)25-16-7-6-8-18(13-16)27-2/h4-14,25H,1-3H3. The Labute approximate surface area is 168 Å². The number of aryl methyl sites for hydroxylation is 1. The number of methoxy groups -OCH3 is 2. The molecule has 0 amide bonds. The van der Waals surface area contributed by atoms with Crippen LogP contribution in [0.3, 0.4) is 0 Å². The van der Waals surface area contributed by atoms with E-state index < -0.39 is 0 Å². The molecule has 0 atom stereocenters. The smallest absolute Gasteiger partial charge is 0.200 e. The third kappa shape index (κ3) is 3.55. The maximum Gasteiger partial charge on any atom is 0.200 e. The largest absolute Gasteiger partial charge is 0.497 e. The fourth-order valence-electron chi connectivity index (χ4n) is 3.41. The lowest BCUT2D eigenvalue weighted by atomic mass is 10.0. The van der Waals surface area contributed by atoms with Crippen molar-refractivity contribution in [3.8, 4) is 22.6 Å². The first-order valence-corrected chi connectivity index (χ1v) is 9.22. The second-order valence-electron chi connectivity index (χ2n) is 6.63. The van der Waals surface area contributed by atoms with Gasteiger partial charge < -0.3 is 19.2 Å². The minimum absolute atomic E-state index is 0.0822. The van der Waals surface area contributed by atoms with Gasteiger partial charge in [-0.05, 0) is 37.3 Å². The number of nitrogens with one attached hydrogen (secondary N) is 1. The zero-order valence-corrected chi connectivity index (χ0v) is 16.5. The fourth-order valence-corrected chi connectivity index (χ4v) is 3.41. The minimum Gasteiger partial charge on any atom is -0.497 e. The molecule has 4 aromatic rings. The molecule has 0 unspecified atom stereocenters. The predicted octanol–water partition coefficient (Wildman–Crippen LogP) is 5.53. The molecule has 0 radical (unpaired) electrons. The summed E-state index contributed by atoms with van der Waals surface area (Å²) in [5.74, 6) is 1.95. The van der Waals surface area contributed by atoms with Gasteiger partial charge >= 0.3 is 0 Å². The zero-order valence-electron chi connectivity index (χ0n) is 16.5. The first-order chi connectivity index (χ1) is 14.1. The van der Waals surface area contributed by atoms with Crippen LogP contribution >= 0.6 is 0 Å². The molecule has 146 valence electrons. The van der Waals surface area contributed by atoms with Crippen molar-refractivity contribution in [3.05, 3.63) is 82.7 Å². The normalized spacial score (nSPS) is 10.7. The summed E-state index contributed by atoms with van der Waals surface area (Å²) in [5, 5.41) is 3.83. The van der Waals surface area contributed by atoms with Gasteiger partial charge in [0.1, 0.15) is 22.8 Å². The molecule has 0 aliphatic heterocycles. The highest BCUT2D eigenvalue weighted by Gasteiger charge is 2.17. The van der Waals surface area contributed by atoms with Crippen molar-refractivity contribution in [1.29, 1.82) is 0 Å². The number of fused-ring (bicyclic) bond motifs is 1. The fraction of sp³-hybridized carbons (Fsp3) is 0.125. The topological polar surface area (TPSA) is 60.7 Å². The lowest BCUT2D eigenvalue weighted by Crippen LogP contribution is -2.08. The first-order valence-electron chi connectivity index (χ1n) is 9.22. The molecule has 0 saturated carbocycles. The molecule has 5 nitrogen and oxygen atoms in total. The highest BCUT2D eigenvalue weighted by atomic mass is 16.5. The van der Waals surface area contributed by atoms with Crippen LogP contribution in [0, 0.1) is 6.92 Å². The Morgan fingerprint density at radius 2 is 1.66 bits per heavy atom. The van der Waals surface area contributed by atoms with Gasteiger partial charge in [-0.25, -0.2) is 0 Å². The van der Waals surface area contributed by atoms with Gasteiger partial charge in [0.05, 0.1) is 25.2 Å². The summed E-state index contributed by atoms with van der Waals surface area (Å²) < 4.78 is 16.7. The highest BCUT2D eigenvalue weighted by Crippen LogP contribution is 2.32. The van der Waals surface area contributed by atoms with Crippen LogP contribution in [0.25, 0.3) is 22.1 Å². The molecule has 3 aromatic carbocycles. The van der Waals surface area contributed by atoms with Crippen LogP contribution in [0.4, 0.5) is 11.4 Å². The van der Waals surface area contributed by atoms with Gasteiger partial charge in [0.15, 0.2) is 0 Å². The number of para-hydroxylation sites is 1. The lowest BCUT2D eigenvalue weighted by Gasteiger charge is -2.12. The predicted molar refractivity (Wildman–Crippen MR) is 115 cm³/mol. The van der Waals surface area contributed by atoms with Gasteiger partial charge in [-0.15, -0.1) is 0 Å². The van der Waals surface area contributed by atoms with Crippen LogP contribution in [-0.4, -0.2) is 14.2 Å². The molecule has 0 aliphatic carbocycles. The molecular weight excluding hydrogens is 366 g/mol. The molecule has 0 bridgehead atoms. The van der Waals surface area contributed by atoms with E-state index in [4.69, 9.17) is 13.9 Å². The molecule has 1 N–H and O–H groups in total. The van der Waals surface area contributed by atoms with Gasteiger partial charge in [-0.3, -0.25) is 4.79 Å². The van der Waals surface area contributed by atoms with Crippen molar-refractivity contribution in [2.75, 3.05) is 19.5 Å². The third-order valence-electron chi connectivity index (χ3n) is 4.80. The van der Waals surface area contributed by atoms with Crippen LogP contribution in [0.15, 0.2) is 75.9 Å². The summed E-state index contributed by atoms with van der Waals surface area (Å²) in [5.41, 5.74) is 3.39. The van der Waals surface area contributed by atoms with Crippen molar-refractivity contribution >= 4 is 22.3 Å². The lowest BCUT2D eigenvalue weighted by molar-refractivity contribution is 0.415. The second kappa shape index (κ2) is 7.72. The van der Waals surface area contributed by atoms with Gasteiger partial charge in [0, 0.05) is 29.1 Å². The molecule has 0 aliphatic rings. The molecule has 4 rings (SSSR count). The zero-order chi connectivity index (χ0) is 20.4. The molecule has 1 aromatic heterocycles. The van der Waals surface area contributed by atoms with Crippen molar-refractivity contribution in [1.82, 2.24) is 0 Å². The summed E-state index contributed by atoms with van der Waals surface area (Å²) in [6.07, 6.45) is 0. The van der Waals surface area contributed by atoms with Crippen LogP contribution in [0.1, 0.15) is 5.76 Å². The summed E-state index contributed by atoms with van der Waals surface area (Å²) >= 11 is 0. The summed E-state index contributed by atoms with van der Waals surface area (Å²) in [6, 6.07) is 20.5. The van der Waals surface area contributed by atoms with E-state index in [0.29, 0.717) is 28.0 Å². The molecule has 0 fully saturated rings. The van der Waals surface area contributed by atoms with Gasteiger partial charge in [0.25, 0.3) is 0 Å². The van der Waals surface area contributed by atoms with E-state index in [1.165, 1.54) is 0 Å². The Hall–Kier alpha value is -3.73. The number of benzene rings is 3. The average molecular weight is 387 g/mol. The van der Waals surface area contributed by atoms with Gasteiger partial charge in [0.2, 0.25) is 5.43 Å². The molecular formula is C24H21NO4. The number of hydrogen-bond donors (Lipinski definition) is 1. The van der Waals surface area contributed by atoms with E-state index in [1.54, 1.807) is 27.2 Å². The maximum absolute atomic E-state index is 13.2. The van der Waals surface area contributed by atoms with Crippen molar-refractivity contribution in [2.24, 2.45) is 0 Å². The first kappa shape index (κ1) is 18.6. The van der Waals surface area contributed by atoms with E-state index in [9.17, 15) is 4.79 Å². The Morgan fingerprint density at radius 1 is 0.862 bits per heavy atom. The number of rotatable bonds is 5. The van der Waals surface area contributed by atoms with E-state index in [2.05, 4.69) is 5.32 Å². The van der Waals surface area contributed by atoms with Crippen molar-refractivity contribution < 1.29 is 13.9 Å². The Balaban J connectivity index is 1.78. The Bertz CT molecular complexity index is 1240. The Kier molecular flexibility index (Phi) is 4.96. The summed E-state index contributed by atoms with van der Waals surface area (Å²) in [7, 11) is 3.22. The van der Waals surface area contributed by atoms with Gasteiger partial charge in [-0.1, -0.05) is 24.3 Å². The summed E-state index contributed by atoms with van der Waals surface area (Å²) in [4.78, 5) is 13.2. The van der Waals surface area contributed by atoms with Crippen LogP contribution in [-0.2, 0) is 0 Å². The Morgan fingerprint density at radius 3 is 2.45 bits per heavy atom. The van der Waals surface area contributed by atoms with Gasteiger partial charge in [-0.2, -0.15) is 0 Å². The molecule has 1 heterocycles. The SMILES string of the molecule is COc1cccc(Nc2ccc3c(=O)c(-c4ccccc4OC)c(C)oc3c2)c1. The van der Waals surface area contributed by atoms with Crippen LogP contribution < -0.4 is 20.2 Å². The third-order valence-corrected chi connectivity index (χ3v) is 4.80. The van der Waals surface area contributed by atoms with E-state index in [1.807, 2.05) is 60.7 Å². The second-order valence-corrected chi connectivity index (χ2v) is 6.63. The number of ether oxygens (including phenoxy) is 2. The highest BCUT2D eigenvalue weighted by molar-refractivity contribution is 5.87. The van der Waals surface area contributed by atoms with E-state index >= 15 is 0 Å². The van der Waals surface area contributed by atoms with Crippen LogP contribution in [0.5, 0.6) is 11.5 Å². The molecule has 5 heteroatoms. The minimum atomic E-state index is -0.0822. The maximum atomic E-state index is 13.2. The monoisotopic (exact) mass is 387 g/mol. The quantitative estimate of drug-likeness (QED) is 0.488. The average Bonchev–Trinajstić information content (AvgIpc) is 2.74. The molecule has 0 spiro atoms. The van der Waals surface area contributed by atoms with Crippen molar-refractivity contribution in [3.63, 3.8) is 0 Å². The molecule has 0 saturated heterocycles.